The van der Waals surface area contributed by atoms with E-state index in [9.17, 15) is 13.6 Å². The van der Waals surface area contributed by atoms with Gasteiger partial charge in [0.05, 0.1) is 12.1 Å². The first kappa shape index (κ1) is 26.4. The maximum absolute atomic E-state index is 14.2. The van der Waals surface area contributed by atoms with Gasteiger partial charge in [0.15, 0.2) is 0 Å². The number of rotatable bonds is 10. The molecule has 36 heavy (non-hydrogen) atoms. The minimum absolute atomic E-state index is 0.197. The molecule has 0 unspecified atom stereocenters. The Kier molecular flexibility index (Phi) is 9.21. The predicted molar refractivity (Wildman–Crippen MR) is 143 cm³/mol. The Morgan fingerprint density at radius 3 is 2.50 bits per heavy atom. The number of carbonyl (C=O) groups excluding carboxylic acids is 1. The number of thioether (sulfide) groups is 1. The third-order valence-electron chi connectivity index (χ3n) is 6.79. The Morgan fingerprint density at radius 2 is 1.81 bits per heavy atom. The topological polar surface area (TPSA) is 34.5 Å². The zero-order valence-electron chi connectivity index (χ0n) is 21.0. The number of carbonyl (C=O) groups is 1. The van der Waals surface area contributed by atoms with Crippen LogP contribution in [0.2, 0.25) is 0 Å². The lowest BCUT2D eigenvalue weighted by molar-refractivity contribution is -0.137. The fourth-order valence-electron chi connectivity index (χ4n) is 5.13. The fraction of sp³-hybridized carbons (Fsp3) is 0.414. The third kappa shape index (κ3) is 6.37. The number of aromatic nitrogens is 1. The minimum atomic E-state index is -0.398. The van der Waals surface area contributed by atoms with Gasteiger partial charge < -0.3 is 14.2 Å². The van der Waals surface area contributed by atoms with Gasteiger partial charge in [-0.05, 0) is 112 Å². The molecule has 4 rings (SSSR count). The number of ether oxygens (including phenoxy) is 1. The second-order valence-electron chi connectivity index (χ2n) is 9.09. The molecule has 0 amide bonds. The van der Waals surface area contributed by atoms with Gasteiger partial charge in [-0.15, -0.1) is 11.8 Å². The fourth-order valence-corrected chi connectivity index (χ4v) is 5.97. The van der Waals surface area contributed by atoms with Crippen LogP contribution in [0.5, 0.6) is 0 Å². The summed E-state index contributed by atoms with van der Waals surface area (Å²) in [5.74, 6) is 0.530. The summed E-state index contributed by atoms with van der Waals surface area (Å²) < 4.78 is 34.3. The molecule has 2 aromatic carbocycles. The molecule has 1 aromatic heterocycles. The van der Waals surface area contributed by atoms with E-state index in [4.69, 9.17) is 4.74 Å². The summed E-state index contributed by atoms with van der Waals surface area (Å²) in [6, 6.07) is 11.7. The number of piperidine rings is 1. The van der Waals surface area contributed by atoms with Gasteiger partial charge >= 0.3 is 5.97 Å². The molecule has 1 fully saturated rings. The average Bonchev–Trinajstić information content (AvgIpc) is 3.19. The Balaban J connectivity index is 1.42. The van der Waals surface area contributed by atoms with E-state index >= 15 is 0 Å². The maximum atomic E-state index is 14.2. The average molecular weight is 513 g/mol. The molecule has 4 nitrogen and oxygen atoms in total. The van der Waals surface area contributed by atoms with Gasteiger partial charge in [0.1, 0.15) is 11.6 Å². The molecule has 1 aliphatic rings. The Morgan fingerprint density at radius 1 is 1.08 bits per heavy atom. The van der Waals surface area contributed by atoms with Crippen LogP contribution in [-0.4, -0.2) is 47.4 Å². The Labute approximate surface area is 216 Å². The van der Waals surface area contributed by atoms with Gasteiger partial charge in [-0.3, -0.25) is 0 Å². The monoisotopic (exact) mass is 512 g/mol. The second-order valence-corrected chi connectivity index (χ2v) is 10.3. The van der Waals surface area contributed by atoms with Crippen LogP contribution >= 0.6 is 11.8 Å². The van der Waals surface area contributed by atoms with E-state index in [0.717, 1.165) is 72.6 Å². The summed E-state index contributed by atoms with van der Waals surface area (Å²) in [5.41, 5.74) is 3.21. The van der Waals surface area contributed by atoms with Crippen molar-refractivity contribution in [2.45, 2.75) is 50.3 Å². The highest BCUT2D eigenvalue weighted by molar-refractivity contribution is 7.99. The molecule has 3 aromatic rings. The lowest BCUT2D eigenvalue weighted by Crippen LogP contribution is -2.34. The van der Waals surface area contributed by atoms with Crippen LogP contribution in [-0.2, 0) is 16.0 Å². The van der Waals surface area contributed by atoms with E-state index in [1.54, 1.807) is 31.0 Å². The number of hydrogen-bond acceptors (Lipinski definition) is 4. The van der Waals surface area contributed by atoms with Gasteiger partial charge in [-0.25, -0.2) is 13.6 Å². The van der Waals surface area contributed by atoms with Crippen molar-refractivity contribution in [3.05, 3.63) is 71.4 Å². The van der Waals surface area contributed by atoms with Crippen LogP contribution in [0.4, 0.5) is 8.78 Å². The first-order valence-electron chi connectivity index (χ1n) is 12.8. The first-order valence-corrected chi connectivity index (χ1v) is 13.8. The highest BCUT2D eigenvalue weighted by Crippen LogP contribution is 2.38. The third-order valence-corrected chi connectivity index (χ3v) is 7.89. The molecule has 0 spiro atoms. The van der Waals surface area contributed by atoms with Crippen LogP contribution in [0.1, 0.15) is 50.3 Å². The van der Waals surface area contributed by atoms with Crippen molar-refractivity contribution < 1.29 is 18.3 Å². The molecule has 1 aliphatic heterocycles. The lowest BCUT2D eigenvalue weighted by atomic mass is 9.87. The van der Waals surface area contributed by atoms with Gasteiger partial charge in [0.25, 0.3) is 0 Å². The summed E-state index contributed by atoms with van der Waals surface area (Å²) in [7, 11) is 0. The van der Waals surface area contributed by atoms with Gasteiger partial charge in [-0.1, -0.05) is 6.92 Å². The molecule has 192 valence electrons. The maximum Gasteiger partial charge on any atom is 0.332 e. The number of benzene rings is 2. The molecule has 1 saturated heterocycles. The van der Waals surface area contributed by atoms with Gasteiger partial charge in [-0.2, -0.15) is 0 Å². The highest BCUT2D eigenvalue weighted by Gasteiger charge is 2.27. The number of likely N-dealkylation sites (tertiary alicyclic amines) is 1. The Bertz CT molecular complexity index is 1200. The molecule has 0 atom stereocenters. The zero-order valence-corrected chi connectivity index (χ0v) is 21.8. The standard InChI is InChI=1S/C29H34F2N2O2S/c1-3-26-29(25-11-8-23(31)20-27(25)33(26)18-14-28(34)35-4-2)21-12-16-32(17-13-21)15-5-19-36-24-9-6-22(30)7-10-24/h6-11,14,18,20-21H,3-5,12-13,15-17,19H2,1-2H3. The summed E-state index contributed by atoms with van der Waals surface area (Å²) in [6.07, 6.45) is 7.12. The van der Waals surface area contributed by atoms with E-state index < -0.39 is 5.97 Å². The molecular formula is C29H34F2N2O2S. The summed E-state index contributed by atoms with van der Waals surface area (Å²) in [5, 5.41) is 1.07. The van der Waals surface area contributed by atoms with Crippen molar-refractivity contribution in [1.82, 2.24) is 9.47 Å². The molecule has 7 heteroatoms. The largest absolute Gasteiger partial charge is 0.463 e. The lowest BCUT2D eigenvalue weighted by Gasteiger charge is -2.32. The first-order chi connectivity index (χ1) is 17.5. The SMILES string of the molecule is CCOC(=O)C=Cn1c(CC)c(C2CCN(CCCSc3ccc(F)cc3)CC2)c2ccc(F)cc21. The van der Waals surface area contributed by atoms with E-state index in [-0.39, 0.29) is 11.6 Å². The van der Waals surface area contributed by atoms with Crippen LogP contribution in [0.15, 0.2) is 53.4 Å². The van der Waals surface area contributed by atoms with Gasteiger partial charge in [0.2, 0.25) is 0 Å². The second kappa shape index (κ2) is 12.5. The van der Waals surface area contributed by atoms with Crippen LogP contribution < -0.4 is 0 Å². The van der Waals surface area contributed by atoms with Crippen LogP contribution in [0, 0.1) is 11.6 Å². The number of nitrogens with zero attached hydrogens (tertiary/aromatic N) is 2. The summed E-state index contributed by atoms with van der Waals surface area (Å²) in [6.45, 7) is 7.31. The number of esters is 1. The Hall–Kier alpha value is -2.64. The molecule has 2 heterocycles. The smallest absolute Gasteiger partial charge is 0.332 e. The molecule has 0 radical (unpaired) electrons. The van der Waals surface area contributed by atoms with Crippen molar-refractivity contribution in [2.75, 3.05) is 32.0 Å². The predicted octanol–water partition coefficient (Wildman–Crippen LogP) is 6.88. The minimum Gasteiger partial charge on any atom is -0.463 e. The van der Waals surface area contributed by atoms with Crippen molar-refractivity contribution in [3.63, 3.8) is 0 Å². The van der Waals surface area contributed by atoms with E-state index in [1.807, 2.05) is 22.8 Å². The highest BCUT2D eigenvalue weighted by atomic mass is 32.2. The summed E-state index contributed by atoms with van der Waals surface area (Å²) >= 11 is 1.77. The quantitative estimate of drug-likeness (QED) is 0.128. The van der Waals surface area contributed by atoms with Crippen molar-refractivity contribution >= 4 is 34.8 Å². The number of halogens is 2. The summed E-state index contributed by atoms with van der Waals surface area (Å²) in [4.78, 5) is 15.6. The molecule has 0 saturated carbocycles. The number of hydrogen-bond donors (Lipinski definition) is 0. The molecular weight excluding hydrogens is 478 g/mol. The molecule has 0 N–H and O–H groups in total. The van der Waals surface area contributed by atoms with Crippen molar-refractivity contribution in [1.29, 1.82) is 0 Å². The van der Waals surface area contributed by atoms with Crippen molar-refractivity contribution in [2.24, 2.45) is 0 Å². The van der Waals surface area contributed by atoms with E-state index in [0.29, 0.717) is 12.5 Å². The number of fused-ring (bicyclic) bond motifs is 1. The normalized spacial score (nSPS) is 15.2. The van der Waals surface area contributed by atoms with E-state index in [2.05, 4.69) is 11.8 Å². The molecule has 0 aliphatic carbocycles. The van der Waals surface area contributed by atoms with E-state index in [1.165, 1.54) is 29.8 Å². The van der Waals surface area contributed by atoms with Crippen molar-refractivity contribution in [3.8, 4) is 0 Å². The van der Waals surface area contributed by atoms with Crippen LogP contribution in [0.25, 0.3) is 17.1 Å². The molecule has 0 bridgehead atoms. The van der Waals surface area contributed by atoms with Crippen LogP contribution in [0.3, 0.4) is 0 Å². The van der Waals surface area contributed by atoms with Gasteiger partial charge in [0, 0.05) is 28.3 Å². The zero-order chi connectivity index (χ0) is 25.5.